The summed E-state index contributed by atoms with van der Waals surface area (Å²) in [5, 5.41) is 10.9. The number of carbonyl (C=O) groups excluding carboxylic acids is 2. The molecular weight excluding hydrogens is 336 g/mol. The number of non-ortho nitro benzene ring substituents is 1. The Balaban J connectivity index is 1.65. The number of nitrogens with zero attached hydrogens (tertiary/aromatic N) is 2. The standard InChI is InChI=1S/C19H18N2O5/c1-26-16-6-3-14(4-7-16)18(22)8-9-19(23)20-11-10-13-2-5-15(21(24)25)12-17(13)20/h2-7,12H,8-11H2,1H3. The molecule has 1 amide bonds. The van der Waals surface area contributed by atoms with Crippen molar-refractivity contribution in [3.8, 4) is 5.75 Å². The minimum absolute atomic E-state index is 0.0437. The Kier molecular flexibility index (Phi) is 4.97. The molecule has 26 heavy (non-hydrogen) atoms. The maximum absolute atomic E-state index is 12.5. The zero-order valence-electron chi connectivity index (χ0n) is 14.3. The van der Waals surface area contributed by atoms with Crippen molar-refractivity contribution in [2.75, 3.05) is 18.6 Å². The molecule has 0 saturated heterocycles. The van der Waals surface area contributed by atoms with Gasteiger partial charge in [0.05, 0.1) is 17.7 Å². The quantitative estimate of drug-likeness (QED) is 0.451. The number of rotatable bonds is 6. The maximum Gasteiger partial charge on any atom is 0.271 e. The van der Waals surface area contributed by atoms with E-state index in [2.05, 4.69) is 0 Å². The van der Waals surface area contributed by atoms with E-state index < -0.39 is 4.92 Å². The maximum atomic E-state index is 12.5. The highest BCUT2D eigenvalue weighted by Gasteiger charge is 2.26. The molecule has 1 aliphatic rings. The first-order valence-electron chi connectivity index (χ1n) is 8.24. The first-order valence-corrected chi connectivity index (χ1v) is 8.24. The van der Waals surface area contributed by atoms with Crippen molar-refractivity contribution < 1.29 is 19.2 Å². The van der Waals surface area contributed by atoms with Crippen LogP contribution in [-0.4, -0.2) is 30.3 Å². The van der Waals surface area contributed by atoms with Crippen molar-refractivity contribution in [1.29, 1.82) is 0 Å². The number of hydrogen-bond donors (Lipinski definition) is 0. The van der Waals surface area contributed by atoms with Crippen molar-refractivity contribution in [1.82, 2.24) is 0 Å². The molecule has 0 spiro atoms. The topological polar surface area (TPSA) is 89.8 Å². The number of nitro groups is 1. The van der Waals surface area contributed by atoms with Crippen molar-refractivity contribution in [3.63, 3.8) is 0 Å². The van der Waals surface area contributed by atoms with Crippen LogP contribution in [0.2, 0.25) is 0 Å². The largest absolute Gasteiger partial charge is 0.497 e. The Morgan fingerprint density at radius 1 is 1.15 bits per heavy atom. The third-order valence-electron chi connectivity index (χ3n) is 4.45. The highest BCUT2D eigenvalue weighted by molar-refractivity contribution is 6.01. The van der Waals surface area contributed by atoms with Gasteiger partial charge in [-0.1, -0.05) is 6.07 Å². The van der Waals surface area contributed by atoms with Crippen LogP contribution in [0.25, 0.3) is 0 Å². The third-order valence-corrected chi connectivity index (χ3v) is 4.45. The van der Waals surface area contributed by atoms with E-state index in [0.717, 1.165) is 5.56 Å². The molecule has 1 aliphatic heterocycles. The van der Waals surface area contributed by atoms with E-state index >= 15 is 0 Å². The molecule has 134 valence electrons. The Morgan fingerprint density at radius 3 is 2.54 bits per heavy atom. The molecule has 3 rings (SSSR count). The predicted octanol–water partition coefficient (Wildman–Crippen LogP) is 3.16. The predicted molar refractivity (Wildman–Crippen MR) is 95.7 cm³/mol. The molecule has 0 bridgehead atoms. The first-order chi connectivity index (χ1) is 12.5. The van der Waals surface area contributed by atoms with Crippen LogP contribution in [0.5, 0.6) is 5.75 Å². The van der Waals surface area contributed by atoms with E-state index in [1.165, 1.54) is 17.0 Å². The number of benzene rings is 2. The monoisotopic (exact) mass is 354 g/mol. The van der Waals surface area contributed by atoms with Crippen LogP contribution in [0.3, 0.4) is 0 Å². The van der Waals surface area contributed by atoms with Crippen molar-refractivity contribution in [3.05, 3.63) is 63.7 Å². The van der Waals surface area contributed by atoms with E-state index in [1.807, 2.05) is 0 Å². The SMILES string of the molecule is COc1ccc(C(=O)CCC(=O)N2CCc3ccc([N+](=O)[O-])cc32)cc1. The molecule has 0 aliphatic carbocycles. The molecule has 2 aromatic carbocycles. The summed E-state index contributed by atoms with van der Waals surface area (Å²) in [6.07, 6.45) is 0.810. The fourth-order valence-corrected chi connectivity index (χ4v) is 3.02. The van der Waals surface area contributed by atoms with Crippen LogP contribution in [-0.2, 0) is 11.2 Å². The number of carbonyl (C=O) groups is 2. The molecule has 7 heteroatoms. The Morgan fingerprint density at radius 2 is 1.88 bits per heavy atom. The number of methoxy groups -OCH3 is 1. The molecule has 0 fully saturated rings. The molecule has 0 atom stereocenters. The average Bonchev–Trinajstić information content (AvgIpc) is 3.09. The smallest absolute Gasteiger partial charge is 0.271 e. The van der Waals surface area contributed by atoms with Crippen LogP contribution in [0.15, 0.2) is 42.5 Å². The Labute approximate surface area is 150 Å². The number of nitro benzene ring substituents is 1. The van der Waals surface area contributed by atoms with Crippen LogP contribution in [0.1, 0.15) is 28.8 Å². The van der Waals surface area contributed by atoms with Gasteiger partial charge in [0.1, 0.15) is 5.75 Å². The number of ketones is 1. The van der Waals surface area contributed by atoms with Crippen molar-refractivity contribution in [2.24, 2.45) is 0 Å². The van der Waals surface area contributed by atoms with Gasteiger partial charge in [-0.15, -0.1) is 0 Å². The summed E-state index contributed by atoms with van der Waals surface area (Å²) < 4.78 is 5.05. The van der Waals surface area contributed by atoms with Crippen molar-refractivity contribution in [2.45, 2.75) is 19.3 Å². The van der Waals surface area contributed by atoms with E-state index in [0.29, 0.717) is 30.0 Å². The van der Waals surface area contributed by atoms with Gasteiger partial charge in [-0.3, -0.25) is 19.7 Å². The lowest BCUT2D eigenvalue weighted by Crippen LogP contribution is -2.29. The Bertz CT molecular complexity index is 861. The molecular formula is C19H18N2O5. The van der Waals surface area contributed by atoms with Crippen LogP contribution < -0.4 is 9.64 Å². The first kappa shape index (κ1) is 17.6. The summed E-state index contributed by atoms with van der Waals surface area (Å²) in [6.45, 7) is 0.478. The highest BCUT2D eigenvalue weighted by Crippen LogP contribution is 2.32. The van der Waals surface area contributed by atoms with Gasteiger partial charge in [-0.05, 0) is 36.2 Å². The number of Topliss-reactive ketones (excluding diaryl/α,β-unsaturated/α-hetero) is 1. The second kappa shape index (κ2) is 7.35. The summed E-state index contributed by atoms with van der Waals surface area (Å²) in [5.41, 5.74) is 1.96. The number of hydrogen-bond acceptors (Lipinski definition) is 5. The second-order valence-corrected chi connectivity index (χ2v) is 6.02. The van der Waals surface area contributed by atoms with Gasteiger partial charge in [-0.2, -0.15) is 0 Å². The summed E-state index contributed by atoms with van der Waals surface area (Å²) in [7, 11) is 1.55. The van der Waals surface area contributed by atoms with Crippen molar-refractivity contribution >= 4 is 23.1 Å². The van der Waals surface area contributed by atoms with E-state index in [4.69, 9.17) is 4.74 Å². The van der Waals surface area contributed by atoms with Crippen LogP contribution in [0.4, 0.5) is 11.4 Å². The summed E-state index contributed by atoms with van der Waals surface area (Å²) in [4.78, 5) is 36.8. The Hall–Kier alpha value is -3.22. The summed E-state index contributed by atoms with van der Waals surface area (Å²) >= 11 is 0. The third kappa shape index (κ3) is 3.56. The second-order valence-electron chi connectivity index (χ2n) is 6.02. The molecule has 0 aromatic heterocycles. The molecule has 0 radical (unpaired) electrons. The molecule has 7 nitrogen and oxygen atoms in total. The summed E-state index contributed by atoms with van der Waals surface area (Å²) in [6, 6.07) is 11.3. The molecule has 1 heterocycles. The molecule has 0 N–H and O–H groups in total. The van der Waals surface area contributed by atoms with Gasteiger partial charge in [0, 0.05) is 37.1 Å². The van der Waals surface area contributed by atoms with E-state index in [1.54, 1.807) is 37.4 Å². The lowest BCUT2D eigenvalue weighted by atomic mass is 10.1. The zero-order chi connectivity index (χ0) is 18.7. The van der Waals surface area contributed by atoms with Crippen LogP contribution >= 0.6 is 0 Å². The lowest BCUT2D eigenvalue weighted by molar-refractivity contribution is -0.384. The minimum atomic E-state index is -0.478. The van der Waals surface area contributed by atoms with E-state index in [-0.39, 0.29) is 30.2 Å². The van der Waals surface area contributed by atoms with E-state index in [9.17, 15) is 19.7 Å². The highest BCUT2D eigenvalue weighted by atomic mass is 16.6. The number of fused-ring (bicyclic) bond motifs is 1. The van der Waals surface area contributed by atoms with Gasteiger partial charge in [-0.25, -0.2) is 0 Å². The minimum Gasteiger partial charge on any atom is -0.497 e. The molecule has 0 unspecified atom stereocenters. The molecule has 0 saturated carbocycles. The van der Waals surface area contributed by atoms with Gasteiger partial charge in [0.15, 0.2) is 5.78 Å². The van der Waals surface area contributed by atoms with Gasteiger partial charge < -0.3 is 9.64 Å². The summed E-state index contributed by atoms with van der Waals surface area (Å²) in [5.74, 6) is 0.332. The van der Waals surface area contributed by atoms with Gasteiger partial charge >= 0.3 is 0 Å². The van der Waals surface area contributed by atoms with Crippen LogP contribution in [0, 0.1) is 10.1 Å². The lowest BCUT2D eigenvalue weighted by Gasteiger charge is -2.17. The fourth-order valence-electron chi connectivity index (χ4n) is 3.02. The molecule has 2 aromatic rings. The normalized spacial score (nSPS) is 12.6. The number of amides is 1. The van der Waals surface area contributed by atoms with Gasteiger partial charge in [0.25, 0.3) is 5.69 Å². The van der Waals surface area contributed by atoms with Gasteiger partial charge in [0.2, 0.25) is 5.91 Å². The fraction of sp³-hybridized carbons (Fsp3) is 0.263. The number of ether oxygens (including phenoxy) is 1. The number of anilines is 1. The zero-order valence-corrected chi connectivity index (χ0v) is 14.3. The average molecular weight is 354 g/mol.